The van der Waals surface area contributed by atoms with Crippen LogP contribution in [0.25, 0.3) is 0 Å². The highest BCUT2D eigenvalue weighted by atomic mass is 31.2. The molecule has 0 aliphatic rings. The summed E-state index contributed by atoms with van der Waals surface area (Å²) in [6.07, 6.45) is 2.01. The molecule has 0 saturated heterocycles. The molecule has 0 saturated carbocycles. The van der Waals surface area contributed by atoms with E-state index in [0.717, 1.165) is 17.4 Å². The lowest BCUT2D eigenvalue weighted by atomic mass is 10.1. The first kappa shape index (κ1) is 29.5. The van der Waals surface area contributed by atoms with Gasteiger partial charge in [-0.2, -0.15) is 0 Å². The summed E-state index contributed by atoms with van der Waals surface area (Å²) in [5, 5.41) is 7.07. The molecule has 0 aliphatic heterocycles. The fourth-order valence-corrected chi connectivity index (χ4v) is 3.27. The minimum Gasteiger partial charge on any atom is -0.445 e. The maximum Gasteiger partial charge on any atom is 0.410 e. The second kappa shape index (κ2) is 13.5. The Morgan fingerprint density at radius 1 is 1.08 bits per heavy atom. The highest BCUT2D eigenvalue weighted by Crippen LogP contribution is 2.39. The van der Waals surface area contributed by atoms with Crippen LogP contribution < -0.4 is 16.0 Å². The van der Waals surface area contributed by atoms with Gasteiger partial charge in [-0.15, -0.1) is 0 Å². The Morgan fingerprint density at radius 3 is 2.35 bits per heavy atom. The predicted octanol–water partition coefficient (Wildman–Crippen LogP) is -0.150. The average molecular weight is 538 g/mol. The lowest BCUT2D eigenvalue weighted by molar-refractivity contribution is -0.132. The molecule has 0 fully saturated rings. The summed E-state index contributed by atoms with van der Waals surface area (Å²) in [6.45, 7) is 2.16. The van der Waals surface area contributed by atoms with E-state index in [9.17, 15) is 33.5 Å². The molecule has 0 bridgehead atoms. The van der Waals surface area contributed by atoms with Crippen molar-refractivity contribution in [2.45, 2.75) is 44.7 Å². The van der Waals surface area contributed by atoms with E-state index in [1.165, 1.54) is 26.5 Å². The number of carbonyl (C=O) groups is 4. The first-order valence-electron chi connectivity index (χ1n) is 11.2. The van der Waals surface area contributed by atoms with Crippen LogP contribution in [0, 0.1) is 0 Å². The third-order valence-electron chi connectivity index (χ3n) is 5.14. The monoisotopic (exact) mass is 538 g/mol. The van der Waals surface area contributed by atoms with Crippen molar-refractivity contribution in [3.8, 4) is 0 Å². The standard InChI is InChI=1S/C22H31N6O8P/c1-14(25-19(29)11-28(3)22(32)36-12-16-7-5-4-6-8-16)20(30)27-18(9-17-10-23-13-24-17)21(31)26-15(2)37(33,34)35/h4-8,10,13-15,18H,9,11-12H2,1-3H3,(H,23,24)(H,25,29)(H,26,31)(H,27,30)(H2,33,34,35)/t14-,15+,18-/m0/s1. The molecule has 1 aromatic heterocycles. The van der Waals surface area contributed by atoms with Gasteiger partial charge in [-0.1, -0.05) is 30.3 Å². The molecule has 2 rings (SSSR count). The third kappa shape index (κ3) is 10.0. The lowest BCUT2D eigenvalue weighted by Gasteiger charge is -2.23. The number of aromatic nitrogens is 2. The van der Waals surface area contributed by atoms with E-state index in [2.05, 4.69) is 25.9 Å². The Bertz CT molecular complexity index is 1110. The Labute approximate surface area is 213 Å². The zero-order chi connectivity index (χ0) is 27.6. The van der Waals surface area contributed by atoms with Gasteiger partial charge in [0, 0.05) is 25.4 Å². The van der Waals surface area contributed by atoms with Crippen LogP contribution in [0.2, 0.25) is 0 Å². The number of imidazole rings is 1. The minimum atomic E-state index is -4.60. The van der Waals surface area contributed by atoms with Gasteiger partial charge in [-0.05, 0) is 19.4 Å². The average Bonchev–Trinajstić information content (AvgIpc) is 3.35. The second-order valence-electron chi connectivity index (χ2n) is 8.30. The first-order valence-corrected chi connectivity index (χ1v) is 12.9. The van der Waals surface area contributed by atoms with Crippen molar-refractivity contribution < 1.29 is 38.3 Å². The van der Waals surface area contributed by atoms with Crippen LogP contribution in [-0.4, -0.2) is 79.9 Å². The molecular weight excluding hydrogens is 507 g/mol. The molecule has 0 radical (unpaired) electrons. The number of amides is 4. The SMILES string of the molecule is C[C@H](NC(=O)CN(C)C(=O)OCc1ccccc1)C(=O)N[C@@H](Cc1cnc[nH]1)C(=O)N[C@@H](C)P(=O)(O)O. The summed E-state index contributed by atoms with van der Waals surface area (Å²) in [5.74, 6) is -3.69. The van der Waals surface area contributed by atoms with Gasteiger partial charge >= 0.3 is 13.7 Å². The number of carbonyl (C=O) groups excluding carboxylic acids is 4. The zero-order valence-corrected chi connectivity index (χ0v) is 21.5. The van der Waals surface area contributed by atoms with E-state index < -0.39 is 49.3 Å². The molecule has 1 heterocycles. The molecule has 4 amide bonds. The third-order valence-corrected chi connectivity index (χ3v) is 6.27. The maximum absolute atomic E-state index is 12.7. The van der Waals surface area contributed by atoms with E-state index >= 15 is 0 Å². The zero-order valence-electron chi connectivity index (χ0n) is 20.6. The van der Waals surface area contributed by atoms with E-state index in [1.54, 1.807) is 24.3 Å². The summed E-state index contributed by atoms with van der Waals surface area (Å²) < 4.78 is 16.5. The highest BCUT2D eigenvalue weighted by molar-refractivity contribution is 7.52. The predicted molar refractivity (Wildman–Crippen MR) is 131 cm³/mol. The van der Waals surface area contributed by atoms with Gasteiger partial charge in [-0.3, -0.25) is 18.9 Å². The first-order chi connectivity index (χ1) is 17.4. The van der Waals surface area contributed by atoms with Crippen molar-refractivity contribution in [3.05, 3.63) is 54.1 Å². The van der Waals surface area contributed by atoms with E-state index in [4.69, 9.17) is 4.74 Å². The van der Waals surface area contributed by atoms with Crippen molar-refractivity contribution in [1.29, 1.82) is 0 Å². The van der Waals surface area contributed by atoms with Crippen molar-refractivity contribution in [1.82, 2.24) is 30.8 Å². The number of hydrogen-bond donors (Lipinski definition) is 6. The van der Waals surface area contributed by atoms with Crippen molar-refractivity contribution in [3.63, 3.8) is 0 Å². The highest BCUT2D eigenvalue weighted by Gasteiger charge is 2.31. The van der Waals surface area contributed by atoms with Gasteiger partial charge in [-0.25, -0.2) is 9.78 Å². The second-order valence-corrected chi connectivity index (χ2v) is 10.3. The summed E-state index contributed by atoms with van der Waals surface area (Å²) in [4.78, 5) is 76.0. The topological polar surface area (TPSA) is 203 Å². The number of nitrogens with one attached hydrogen (secondary N) is 4. The normalized spacial score (nSPS) is 13.5. The Kier molecular flexibility index (Phi) is 10.8. The van der Waals surface area contributed by atoms with Crippen molar-refractivity contribution >= 4 is 31.4 Å². The van der Waals surface area contributed by atoms with E-state index in [0.29, 0.717) is 5.69 Å². The summed E-state index contributed by atoms with van der Waals surface area (Å²) in [7, 11) is -3.24. The van der Waals surface area contributed by atoms with Crippen LogP contribution >= 0.6 is 7.60 Å². The molecule has 15 heteroatoms. The number of aromatic amines is 1. The molecule has 202 valence electrons. The van der Waals surface area contributed by atoms with Crippen LogP contribution in [0.1, 0.15) is 25.1 Å². The molecule has 1 aromatic carbocycles. The number of benzene rings is 1. The van der Waals surface area contributed by atoms with Gasteiger partial charge in [0.25, 0.3) is 0 Å². The fourth-order valence-electron chi connectivity index (χ4n) is 2.97. The van der Waals surface area contributed by atoms with Crippen LogP contribution in [0.15, 0.2) is 42.9 Å². The van der Waals surface area contributed by atoms with Gasteiger partial charge in [0.2, 0.25) is 17.7 Å². The van der Waals surface area contributed by atoms with Gasteiger partial charge in [0.1, 0.15) is 31.0 Å². The summed E-state index contributed by atoms with van der Waals surface area (Å²) in [5.41, 5.74) is 1.26. The molecular formula is C22H31N6O8P. The molecule has 6 N–H and O–H groups in total. The van der Waals surface area contributed by atoms with Crippen LogP contribution in [0.3, 0.4) is 0 Å². The molecule has 0 spiro atoms. The number of hydrogen-bond acceptors (Lipinski definition) is 7. The van der Waals surface area contributed by atoms with Gasteiger partial charge in [0.15, 0.2) is 0 Å². The van der Waals surface area contributed by atoms with Crippen molar-refractivity contribution in [2.24, 2.45) is 0 Å². The fraction of sp³-hybridized carbons (Fsp3) is 0.409. The lowest BCUT2D eigenvalue weighted by Crippen LogP contribution is -2.55. The number of nitrogens with zero attached hydrogens (tertiary/aromatic N) is 2. The summed E-state index contributed by atoms with van der Waals surface area (Å²) in [6, 6.07) is 6.67. The number of H-pyrrole nitrogens is 1. The Balaban J connectivity index is 1.91. The molecule has 0 unspecified atom stereocenters. The van der Waals surface area contributed by atoms with E-state index in [1.807, 2.05) is 6.07 Å². The van der Waals surface area contributed by atoms with E-state index in [-0.39, 0.29) is 19.6 Å². The molecule has 14 nitrogen and oxygen atoms in total. The molecule has 2 aromatic rings. The van der Waals surface area contributed by atoms with Gasteiger partial charge in [0.05, 0.1) is 6.33 Å². The number of ether oxygens (including phenoxy) is 1. The molecule has 3 atom stereocenters. The maximum atomic E-state index is 12.7. The van der Waals surface area contributed by atoms with Crippen LogP contribution in [0.4, 0.5) is 4.79 Å². The Hall–Kier alpha value is -3.74. The summed E-state index contributed by atoms with van der Waals surface area (Å²) >= 11 is 0. The molecule has 37 heavy (non-hydrogen) atoms. The number of likely N-dealkylation sites (N-methyl/N-ethyl adjacent to an activating group) is 1. The van der Waals surface area contributed by atoms with Crippen LogP contribution in [0.5, 0.6) is 0 Å². The van der Waals surface area contributed by atoms with Crippen LogP contribution in [-0.2, 0) is 36.7 Å². The Morgan fingerprint density at radius 2 is 1.76 bits per heavy atom. The minimum absolute atomic E-state index is 0.0326. The molecule has 0 aliphatic carbocycles. The van der Waals surface area contributed by atoms with Crippen molar-refractivity contribution in [2.75, 3.05) is 13.6 Å². The smallest absolute Gasteiger partial charge is 0.410 e. The largest absolute Gasteiger partial charge is 0.445 e. The number of rotatable bonds is 12. The quantitative estimate of drug-likeness (QED) is 0.199. The van der Waals surface area contributed by atoms with Gasteiger partial charge < -0.3 is 40.4 Å².